The lowest BCUT2D eigenvalue weighted by molar-refractivity contribution is -0.0986. The van der Waals surface area contributed by atoms with Crippen LogP contribution in [0, 0.1) is 23.2 Å². The number of aromatic nitrogens is 2. The molecule has 0 saturated heterocycles. The van der Waals surface area contributed by atoms with Crippen molar-refractivity contribution in [2.45, 2.75) is 64.3 Å². The zero-order valence-electron chi connectivity index (χ0n) is 12.6. The largest absolute Gasteiger partial charge is 0.339 e. The normalized spacial score (nSPS) is 39.5. The molecule has 4 nitrogen and oxygen atoms in total. The van der Waals surface area contributed by atoms with Gasteiger partial charge in [-0.25, -0.2) is 0 Å². The van der Waals surface area contributed by atoms with Crippen LogP contribution in [0.3, 0.4) is 0 Å². The lowest BCUT2D eigenvalue weighted by Crippen LogP contribution is -2.54. The molecule has 1 heterocycles. The second-order valence-corrected chi connectivity index (χ2v) is 8.04. The van der Waals surface area contributed by atoms with Gasteiger partial charge in [-0.3, -0.25) is 0 Å². The lowest BCUT2D eigenvalue weighted by Gasteiger charge is -2.61. The van der Waals surface area contributed by atoms with Crippen LogP contribution in [0.4, 0.5) is 0 Å². The second kappa shape index (κ2) is 4.06. The lowest BCUT2D eigenvalue weighted by atomic mass is 9.43. The van der Waals surface area contributed by atoms with Gasteiger partial charge < -0.3 is 10.3 Å². The van der Waals surface area contributed by atoms with Gasteiger partial charge in [0.15, 0.2) is 5.82 Å². The first-order chi connectivity index (χ1) is 9.52. The van der Waals surface area contributed by atoms with Gasteiger partial charge in [-0.05, 0) is 61.7 Å². The molecule has 4 aliphatic carbocycles. The summed E-state index contributed by atoms with van der Waals surface area (Å²) in [5.74, 6) is 4.27. The summed E-state index contributed by atoms with van der Waals surface area (Å²) < 4.78 is 5.57. The monoisotopic (exact) mass is 275 g/mol. The highest BCUT2D eigenvalue weighted by Crippen LogP contribution is 2.66. The summed E-state index contributed by atoms with van der Waals surface area (Å²) in [7, 11) is 0. The van der Waals surface area contributed by atoms with E-state index in [9.17, 15) is 0 Å². The highest BCUT2D eigenvalue weighted by atomic mass is 16.5. The average Bonchev–Trinajstić information content (AvgIpc) is 2.86. The Balaban J connectivity index is 1.71. The molecule has 0 radical (unpaired) electrons. The predicted octanol–water partition coefficient (Wildman–Crippen LogP) is 3.02. The minimum atomic E-state index is -0.0244. The van der Waals surface area contributed by atoms with Crippen LogP contribution in [0.25, 0.3) is 0 Å². The van der Waals surface area contributed by atoms with E-state index in [-0.39, 0.29) is 5.41 Å². The van der Waals surface area contributed by atoms with E-state index in [4.69, 9.17) is 10.3 Å². The summed E-state index contributed by atoms with van der Waals surface area (Å²) >= 11 is 0. The Morgan fingerprint density at radius 2 is 1.70 bits per heavy atom. The van der Waals surface area contributed by atoms with Crippen molar-refractivity contribution in [2.24, 2.45) is 28.9 Å². The zero-order chi connectivity index (χ0) is 14.0. The molecule has 4 saturated carbocycles. The standard InChI is InChI=1S/C16H25N3O/c1-15(2,14-18-13(9-17)19-20-14)16-6-10-3-11(7-16)5-12(4-10)8-16/h10-12H,3-9,17H2,1-2H3. The first kappa shape index (κ1) is 12.8. The highest BCUT2D eigenvalue weighted by Gasteiger charge is 2.59. The quantitative estimate of drug-likeness (QED) is 0.921. The molecule has 110 valence electrons. The fourth-order valence-corrected chi connectivity index (χ4v) is 5.69. The van der Waals surface area contributed by atoms with E-state index in [0.717, 1.165) is 23.6 Å². The van der Waals surface area contributed by atoms with Crippen LogP contribution in [0.5, 0.6) is 0 Å². The summed E-state index contributed by atoms with van der Waals surface area (Å²) in [5, 5.41) is 4.02. The molecular weight excluding hydrogens is 250 g/mol. The molecule has 4 heteroatoms. The number of nitrogens with zero attached hydrogens (tertiary/aromatic N) is 2. The van der Waals surface area contributed by atoms with E-state index in [1.807, 2.05) is 0 Å². The number of hydrogen-bond acceptors (Lipinski definition) is 4. The smallest absolute Gasteiger partial charge is 0.232 e. The van der Waals surface area contributed by atoms with Crippen LogP contribution in [-0.4, -0.2) is 10.1 Å². The van der Waals surface area contributed by atoms with Gasteiger partial charge in [-0.15, -0.1) is 0 Å². The molecule has 20 heavy (non-hydrogen) atoms. The Hall–Kier alpha value is -0.900. The molecule has 4 bridgehead atoms. The topological polar surface area (TPSA) is 64.9 Å². The molecule has 0 spiro atoms. The minimum Gasteiger partial charge on any atom is -0.339 e. The maximum absolute atomic E-state index is 5.63. The second-order valence-electron chi connectivity index (χ2n) is 8.04. The fourth-order valence-electron chi connectivity index (χ4n) is 5.69. The first-order valence-electron chi connectivity index (χ1n) is 8.05. The zero-order valence-corrected chi connectivity index (χ0v) is 12.6. The third-order valence-corrected chi connectivity index (χ3v) is 6.55. The molecule has 4 aliphatic rings. The summed E-state index contributed by atoms with van der Waals surface area (Å²) in [5.41, 5.74) is 5.98. The van der Waals surface area contributed by atoms with E-state index in [2.05, 4.69) is 24.0 Å². The first-order valence-corrected chi connectivity index (χ1v) is 8.05. The SMILES string of the molecule is CC(C)(c1nc(CN)no1)C12CC3CC(CC(C3)C1)C2. The summed E-state index contributed by atoms with van der Waals surface area (Å²) in [6, 6.07) is 0. The van der Waals surface area contributed by atoms with Gasteiger partial charge in [0.1, 0.15) is 0 Å². The Morgan fingerprint density at radius 1 is 1.15 bits per heavy atom. The molecule has 1 aromatic heterocycles. The number of hydrogen-bond donors (Lipinski definition) is 1. The van der Waals surface area contributed by atoms with E-state index >= 15 is 0 Å². The van der Waals surface area contributed by atoms with Crippen LogP contribution < -0.4 is 5.73 Å². The third-order valence-electron chi connectivity index (χ3n) is 6.55. The molecule has 4 fully saturated rings. The summed E-state index contributed by atoms with van der Waals surface area (Å²) in [4.78, 5) is 4.55. The molecule has 0 aromatic carbocycles. The van der Waals surface area contributed by atoms with Crippen LogP contribution in [0.1, 0.15) is 64.1 Å². The van der Waals surface area contributed by atoms with Gasteiger partial charge in [0.25, 0.3) is 0 Å². The van der Waals surface area contributed by atoms with E-state index in [0.29, 0.717) is 17.8 Å². The van der Waals surface area contributed by atoms with Crippen molar-refractivity contribution in [3.05, 3.63) is 11.7 Å². The molecule has 5 rings (SSSR count). The van der Waals surface area contributed by atoms with Crippen LogP contribution in [0.15, 0.2) is 4.52 Å². The molecule has 1 aromatic rings. The van der Waals surface area contributed by atoms with Gasteiger partial charge in [0, 0.05) is 5.41 Å². The molecule has 0 aliphatic heterocycles. The summed E-state index contributed by atoms with van der Waals surface area (Å²) in [6.07, 6.45) is 8.46. The Kier molecular flexibility index (Phi) is 2.60. The van der Waals surface area contributed by atoms with Gasteiger partial charge in [0.05, 0.1) is 6.54 Å². The Bertz CT molecular complexity index is 484. The minimum absolute atomic E-state index is 0.0244. The van der Waals surface area contributed by atoms with E-state index in [1.165, 1.54) is 38.5 Å². The van der Waals surface area contributed by atoms with Gasteiger partial charge in [0.2, 0.25) is 5.89 Å². The average molecular weight is 275 g/mol. The van der Waals surface area contributed by atoms with Crippen LogP contribution in [-0.2, 0) is 12.0 Å². The van der Waals surface area contributed by atoms with Crippen molar-refractivity contribution in [3.8, 4) is 0 Å². The Morgan fingerprint density at radius 3 is 2.15 bits per heavy atom. The molecule has 2 N–H and O–H groups in total. The number of rotatable bonds is 3. The van der Waals surface area contributed by atoms with Crippen molar-refractivity contribution in [3.63, 3.8) is 0 Å². The van der Waals surface area contributed by atoms with Crippen molar-refractivity contribution in [1.29, 1.82) is 0 Å². The van der Waals surface area contributed by atoms with Crippen molar-refractivity contribution < 1.29 is 4.52 Å². The van der Waals surface area contributed by atoms with E-state index < -0.39 is 0 Å². The van der Waals surface area contributed by atoms with Gasteiger partial charge >= 0.3 is 0 Å². The van der Waals surface area contributed by atoms with Crippen molar-refractivity contribution in [2.75, 3.05) is 0 Å². The number of nitrogens with two attached hydrogens (primary N) is 1. The van der Waals surface area contributed by atoms with Gasteiger partial charge in [-0.1, -0.05) is 19.0 Å². The maximum atomic E-state index is 5.63. The predicted molar refractivity (Wildman–Crippen MR) is 75.8 cm³/mol. The molecule has 0 unspecified atom stereocenters. The highest BCUT2D eigenvalue weighted by molar-refractivity contribution is 5.16. The van der Waals surface area contributed by atoms with Crippen LogP contribution in [0.2, 0.25) is 0 Å². The van der Waals surface area contributed by atoms with Crippen molar-refractivity contribution >= 4 is 0 Å². The van der Waals surface area contributed by atoms with Crippen LogP contribution >= 0.6 is 0 Å². The van der Waals surface area contributed by atoms with E-state index in [1.54, 1.807) is 0 Å². The molecular formula is C16H25N3O. The summed E-state index contributed by atoms with van der Waals surface area (Å²) in [6.45, 7) is 4.99. The third kappa shape index (κ3) is 1.63. The van der Waals surface area contributed by atoms with Crippen molar-refractivity contribution in [1.82, 2.24) is 10.1 Å². The fraction of sp³-hybridized carbons (Fsp3) is 0.875. The maximum Gasteiger partial charge on any atom is 0.232 e. The Labute approximate surface area is 120 Å². The molecule has 0 atom stereocenters. The van der Waals surface area contributed by atoms with Gasteiger partial charge in [-0.2, -0.15) is 4.98 Å². The molecule has 0 amide bonds.